The van der Waals surface area contributed by atoms with Crippen LogP contribution in [0.25, 0.3) is 18.2 Å². The molecule has 1 rings (SSSR count). The van der Waals surface area contributed by atoms with E-state index >= 15 is 0 Å². The Morgan fingerprint density at radius 1 is 1.06 bits per heavy atom. The molecule has 0 saturated heterocycles. The van der Waals surface area contributed by atoms with Crippen LogP contribution in [0.4, 0.5) is 0 Å². The van der Waals surface area contributed by atoms with Crippen LogP contribution in [0.15, 0.2) is 36.9 Å². The minimum atomic E-state index is 1.06. The first-order chi connectivity index (χ1) is 8.33. The standard InChI is InChI=1S/C17H22/c1-4-7-9-11-16-13-10-12-15(6-3)17(16)14-8-5-2/h6,8-14H,3-5,7H2,1-2H3/b11-9+,14-8-. The van der Waals surface area contributed by atoms with Gasteiger partial charge >= 0.3 is 0 Å². The Kier molecular flexibility index (Phi) is 6.09. The predicted molar refractivity (Wildman–Crippen MR) is 79.8 cm³/mol. The molecule has 0 atom stereocenters. The van der Waals surface area contributed by atoms with E-state index in [0.717, 1.165) is 12.8 Å². The van der Waals surface area contributed by atoms with Crippen molar-refractivity contribution in [3.05, 3.63) is 53.6 Å². The number of hydrogen-bond acceptors (Lipinski definition) is 0. The maximum absolute atomic E-state index is 3.88. The fraction of sp³-hybridized carbons (Fsp3) is 0.294. The third-order valence-electron chi connectivity index (χ3n) is 2.67. The van der Waals surface area contributed by atoms with Gasteiger partial charge in [0.05, 0.1) is 0 Å². The normalized spacial score (nSPS) is 11.4. The summed E-state index contributed by atoms with van der Waals surface area (Å²) in [7, 11) is 0. The lowest BCUT2D eigenvalue weighted by atomic mass is 9.99. The zero-order chi connectivity index (χ0) is 12.5. The fourth-order valence-corrected chi connectivity index (χ4v) is 1.73. The molecule has 0 bridgehead atoms. The summed E-state index contributed by atoms with van der Waals surface area (Å²) in [5, 5.41) is 0. The Morgan fingerprint density at radius 2 is 1.82 bits per heavy atom. The van der Waals surface area contributed by atoms with E-state index in [4.69, 9.17) is 0 Å². The van der Waals surface area contributed by atoms with Crippen molar-refractivity contribution in [2.24, 2.45) is 0 Å². The lowest BCUT2D eigenvalue weighted by molar-refractivity contribution is 0.962. The van der Waals surface area contributed by atoms with Gasteiger partial charge in [-0.05, 0) is 29.5 Å². The molecule has 0 amide bonds. The highest BCUT2D eigenvalue weighted by Gasteiger charge is 1.99. The molecule has 0 aliphatic rings. The summed E-state index contributed by atoms with van der Waals surface area (Å²) in [5.41, 5.74) is 3.76. The second kappa shape index (κ2) is 7.67. The predicted octanol–water partition coefficient (Wildman–Crippen LogP) is 5.57. The van der Waals surface area contributed by atoms with Crippen molar-refractivity contribution in [1.82, 2.24) is 0 Å². The summed E-state index contributed by atoms with van der Waals surface area (Å²) in [6.07, 6.45) is 14.2. The van der Waals surface area contributed by atoms with E-state index in [2.05, 4.69) is 62.9 Å². The molecule has 0 N–H and O–H groups in total. The second-order valence-corrected chi connectivity index (χ2v) is 4.06. The zero-order valence-electron chi connectivity index (χ0n) is 10.9. The van der Waals surface area contributed by atoms with E-state index in [0.29, 0.717) is 0 Å². The van der Waals surface area contributed by atoms with Crippen LogP contribution >= 0.6 is 0 Å². The molecule has 0 nitrogen and oxygen atoms in total. The van der Waals surface area contributed by atoms with E-state index in [1.54, 1.807) is 0 Å². The van der Waals surface area contributed by atoms with Crippen LogP contribution in [0, 0.1) is 0 Å². The van der Waals surface area contributed by atoms with Gasteiger partial charge in [0.15, 0.2) is 0 Å². The maximum atomic E-state index is 3.88. The monoisotopic (exact) mass is 226 g/mol. The first-order valence-corrected chi connectivity index (χ1v) is 6.42. The average molecular weight is 226 g/mol. The molecule has 0 heteroatoms. The molecule has 0 radical (unpaired) electrons. The Bertz CT molecular complexity index is 408. The van der Waals surface area contributed by atoms with Gasteiger partial charge in [0.2, 0.25) is 0 Å². The SMILES string of the molecule is C=Cc1cccc(/C=C/CCC)c1/C=C\CC. The number of unbranched alkanes of at least 4 members (excludes halogenated alkanes) is 1. The highest BCUT2D eigenvalue weighted by atomic mass is 14.0. The minimum absolute atomic E-state index is 1.06. The Balaban J connectivity index is 3.09. The van der Waals surface area contributed by atoms with Gasteiger partial charge in [0.25, 0.3) is 0 Å². The van der Waals surface area contributed by atoms with Gasteiger partial charge in [-0.3, -0.25) is 0 Å². The Morgan fingerprint density at radius 3 is 2.47 bits per heavy atom. The van der Waals surface area contributed by atoms with Gasteiger partial charge in [-0.15, -0.1) is 0 Å². The lowest BCUT2D eigenvalue weighted by Crippen LogP contribution is -1.85. The molecule has 1 aromatic rings. The van der Waals surface area contributed by atoms with Crippen LogP contribution in [0.3, 0.4) is 0 Å². The highest BCUT2D eigenvalue weighted by molar-refractivity contribution is 5.73. The van der Waals surface area contributed by atoms with E-state index in [1.165, 1.54) is 23.1 Å². The summed E-state index contributed by atoms with van der Waals surface area (Å²) in [5.74, 6) is 0. The molecular formula is C17H22. The molecule has 90 valence electrons. The summed E-state index contributed by atoms with van der Waals surface area (Å²) in [6, 6.07) is 6.36. The van der Waals surface area contributed by atoms with E-state index in [1.807, 2.05) is 6.08 Å². The summed E-state index contributed by atoms with van der Waals surface area (Å²) < 4.78 is 0. The van der Waals surface area contributed by atoms with E-state index in [-0.39, 0.29) is 0 Å². The summed E-state index contributed by atoms with van der Waals surface area (Å²) >= 11 is 0. The van der Waals surface area contributed by atoms with Crippen molar-refractivity contribution < 1.29 is 0 Å². The third-order valence-corrected chi connectivity index (χ3v) is 2.67. The van der Waals surface area contributed by atoms with E-state index < -0.39 is 0 Å². The highest BCUT2D eigenvalue weighted by Crippen LogP contribution is 2.20. The number of rotatable bonds is 6. The molecule has 0 spiro atoms. The molecule has 1 aromatic carbocycles. The van der Waals surface area contributed by atoms with Crippen molar-refractivity contribution in [1.29, 1.82) is 0 Å². The molecule has 0 saturated carbocycles. The minimum Gasteiger partial charge on any atom is -0.0984 e. The molecule has 0 heterocycles. The van der Waals surface area contributed by atoms with Crippen LogP contribution in [-0.4, -0.2) is 0 Å². The first-order valence-electron chi connectivity index (χ1n) is 6.42. The molecule has 0 unspecified atom stereocenters. The summed E-state index contributed by atoms with van der Waals surface area (Å²) in [4.78, 5) is 0. The average Bonchev–Trinajstić information content (AvgIpc) is 2.37. The third kappa shape index (κ3) is 4.07. The van der Waals surface area contributed by atoms with Gasteiger partial charge in [-0.2, -0.15) is 0 Å². The first kappa shape index (κ1) is 13.5. The van der Waals surface area contributed by atoms with Gasteiger partial charge in [-0.25, -0.2) is 0 Å². The van der Waals surface area contributed by atoms with Crippen molar-refractivity contribution >= 4 is 18.2 Å². The molecular weight excluding hydrogens is 204 g/mol. The molecule has 0 aliphatic carbocycles. The van der Waals surface area contributed by atoms with Gasteiger partial charge in [0, 0.05) is 0 Å². The molecule has 0 aliphatic heterocycles. The second-order valence-electron chi connectivity index (χ2n) is 4.06. The molecule has 17 heavy (non-hydrogen) atoms. The fourth-order valence-electron chi connectivity index (χ4n) is 1.73. The van der Waals surface area contributed by atoms with Gasteiger partial charge < -0.3 is 0 Å². The topological polar surface area (TPSA) is 0 Å². The zero-order valence-corrected chi connectivity index (χ0v) is 10.9. The van der Waals surface area contributed by atoms with Crippen LogP contribution < -0.4 is 0 Å². The summed E-state index contributed by atoms with van der Waals surface area (Å²) in [6.45, 7) is 8.23. The van der Waals surface area contributed by atoms with Crippen LogP contribution in [0.1, 0.15) is 49.8 Å². The van der Waals surface area contributed by atoms with Crippen molar-refractivity contribution in [2.45, 2.75) is 33.1 Å². The maximum Gasteiger partial charge on any atom is -0.0115 e. The van der Waals surface area contributed by atoms with Crippen molar-refractivity contribution in [3.63, 3.8) is 0 Å². The molecule has 0 fully saturated rings. The van der Waals surface area contributed by atoms with Crippen LogP contribution in [-0.2, 0) is 0 Å². The van der Waals surface area contributed by atoms with Crippen LogP contribution in [0.5, 0.6) is 0 Å². The van der Waals surface area contributed by atoms with Gasteiger partial charge in [-0.1, -0.05) is 75.4 Å². The number of benzene rings is 1. The Labute approximate surface area is 105 Å². The van der Waals surface area contributed by atoms with Crippen molar-refractivity contribution in [3.8, 4) is 0 Å². The smallest absolute Gasteiger partial charge is 0.0115 e. The van der Waals surface area contributed by atoms with E-state index in [9.17, 15) is 0 Å². The molecule has 0 aromatic heterocycles. The number of hydrogen-bond donors (Lipinski definition) is 0. The van der Waals surface area contributed by atoms with Crippen LogP contribution in [0.2, 0.25) is 0 Å². The van der Waals surface area contributed by atoms with Gasteiger partial charge in [0.1, 0.15) is 0 Å². The van der Waals surface area contributed by atoms with Crippen molar-refractivity contribution in [2.75, 3.05) is 0 Å². The largest absolute Gasteiger partial charge is 0.0984 e. The number of allylic oxidation sites excluding steroid dienone is 2. The Hall–Kier alpha value is -1.56. The lowest BCUT2D eigenvalue weighted by Gasteiger charge is -2.05. The quantitative estimate of drug-likeness (QED) is 0.595.